The van der Waals surface area contributed by atoms with Crippen molar-refractivity contribution >= 4 is 17.6 Å². The van der Waals surface area contributed by atoms with Crippen molar-refractivity contribution in [1.29, 1.82) is 0 Å². The predicted octanol–water partition coefficient (Wildman–Crippen LogP) is 4.12. The molecule has 0 saturated carbocycles. The fraction of sp³-hybridized carbons (Fsp3) is 0.250. The maximum Gasteiger partial charge on any atom is 0.246 e. The van der Waals surface area contributed by atoms with Crippen LogP contribution >= 0.6 is 11.6 Å². The highest BCUT2D eigenvalue weighted by atomic mass is 35.5. The van der Waals surface area contributed by atoms with Gasteiger partial charge in [0.2, 0.25) is 11.7 Å². The molecule has 27 heavy (non-hydrogen) atoms. The highest BCUT2D eigenvalue weighted by Gasteiger charge is 2.12. The molecule has 1 atom stereocenters. The first kappa shape index (κ1) is 18.9. The summed E-state index contributed by atoms with van der Waals surface area (Å²) in [6, 6.07) is 15.7. The van der Waals surface area contributed by atoms with Crippen molar-refractivity contribution < 1.29 is 4.52 Å². The number of aromatic nitrogens is 2. The van der Waals surface area contributed by atoms with Crippen molar-refractivity contribution in [3.8, 4) is 11.4 Å². The number of nitrogens with one attached hydrogen (secondary N) is 2. The van der Waals surface area contributed by atoms with Gasteiger partial charge >= 0.3 is 0 Å². The van der Waals surface area contributed by atoms with Gasteiger partial charge in [0.1, 0.15) is 0 Å². The van der Waals surface area contributed by atoms with Crippen LogP contribution in [0.5, 0.6) is 0 Å². The first-order valence-corrected chi connectivity index (χ1v) is 9.06. The molecular weight excluding hydrogens is 362 g/mol. The van der Waals surface area contributed by atoms with Crippen LogP contribution in [-0.2, 0) is 6.54 Å². The molecule has 2 aromatic carbocycles. The third-order valence-electron chi connectivity index (χ3n) is 4.21. The predicted molar refractivity (Wildman–Crippen MR) is 108 cm³/mol. The van der Waals surface area contributed by atoms with Gasteiger partial charge in [0.05, 0.1) is 12.6 Å². The summed E-state index contributed by atoms with van der Waals surface area (Å²) in [7, 11) is 1.73. The molecule has 7 heteroatoms. The summed E-state index contributed by atoms with van der Waals surface area (Å²) < 4.78 is 5.31. The van der Waals surface area contributed by atoms with Crippen LogP contribution in [0.25, 0.3) is 11.4 Å². The minimum absolute atomic E-state index is 0.115. The van der Waals surface area contributed by atoms with Crippen LogP contribution in [0.15, 0.2) is 58.0 Å². The van der Waals surface area contributed by atoms with Crippen LogP contribution < -0.4 is 10.6 Å². The molecule has 0 bridgehead atoms. The Bertz CT molecular complexity index is 920. The molecule has 0 aliphatic heterocycles. The lowest BCUT2D eigenvalue weighted by molar-refractivity contribution is 0.375. The summed E-state index contributed by atoms with van der Waals surface area (Å²) in [6.45, 7) is 4.57. The van der Waals surface area contributed by atoms with Crippen molar-refractivity contribution in [3.05, 3.63) is 70.6 Å². The Morgan fingerprint density at radius 1 is 1.19 bits per heavy atom. The van der Waals surface area contributed by atoms with Gasteiger partial charge in [-0.15, -0.1) is 0 Å². The summed E-state index contributed by atoms with van der Waals surface area (Å²) in [4.78, 5) is 8.66. The zero-order valence-corrected chi connectivity index (χ0v) is 16.3. The number of aryl methyl sites for hydroxylation is 1. The van der Waals surface area contributed by atoms with Crippen LogP contribution in [0.1, 0.15) is 30.0 Å². The van der Waals surface area contributed by atoms with Crippen molar-refractivity contribution in [2.45, 2.75) is 26.4 Å². The number of halogens is 1. The molecule has 0 spiro atoms. The quantitative estimate of drug-likeness (QED) is 0.512. The number of hydrogen-bond donors (Lipinski definition) is 2. The van der Waals surface area contributed by atoms with Gasteiger partial charge in [-0.05, 0) is 49.2 Å². The number of rotatable bonds is 5. The second-order valence-corrected chi connectivity index (χ2v) is 6.60. The van der Waals surface area contributed by atoms with E-state index in [1.54, 1.807) is 19.2 Å². The summed E-state index contributed by atoms with van der Waals surface area (Å²) in [5.41, 5.74) is 3.31. The summed E-state index contributed by atoms with van der Waals surface area (Å²) in [5, 5.41) is 11.3. The largest absolute Gasteiger partial charge is 0.350 e. The molecule has 1 heterocycles. The molecule has 3 rings (SSSR count). The van der Waals surface area contributed by atoms with E-state index in [0.29, 0.717) is 29.2 Å². The molecule has 0 amide bonds. The molecular formula is C20H22ClN5O. The Kier molecular flexibility index (Phi) is 6.08. The van der Waals surface area contributed by atoms with Crippen molar-refractivity contribution in [3.63, 3.8) is 0 Å². The van der Waals surface area contributed by atoms with Crippen molar-refractivity contribution in [2.24, 2.45) is 4.99 Å². The van der Waals surface area contributed by atoms with E-state index >= 15 is 0 Å². The maximum atomic E-state index is 5.91. The fourth-order valence-electron chi connectivity index (χ4n) is 2.75. The topological polar surface area (TPSA) is 75.3 Å². The van der Waals surface area contributed by atoms with Crippen LogP contribution in [-0.4, -0.2) is 23.1 Å². The van der Waals surface area contributed by atoms with Gasteiger partial charge < -0.3 is 15.2 Å². The van der Waals surface area contributed by atoms with Crippen LogP contribution in [0.2, 0.25) is 5.02 Å². The van der Waals surface area contributed by atoms with Gasteiger partial charge in [0.25, 0.3) is 0 Å². The van der Waals surface area contributed by atoms with Gasteiger partial charge in [0, 0.05) is 17.6 Å². The number of aliphatic imine (C=N–C) groups is 1. The van der Waals surface area contributed by atoms with Crippen LogP contribution in [0.4, 0.5) is 0 Å². The Hall–Kier alpha value is -2.86. The lowest BCUT2D eigenvalue weighted by Crippen LogP contribution is -2.38. The number of guanidine groups is 1. The zero-order valence-electron chi connectivity index (χ0n) is 15.5. The van der Waals surface area contributed by atoms with E-state index in [0.717, 1.165) is 5.56 Å². The fourth-order valence-corrected chi connectivity index (χ4v) is 2.88. The minimum atomic E-state index is 0.115. The van der Waals surface area contributed by atoms with E-state index in [-0.39, 0.29) is 6.04 Å². The van der Waals surface area contributed by atoms with Gasteiger partial charge in [-0.25, -0.2) is 0 Å². The molecule has 140 valence electrons. The first-order valence-electron chi connectivity index (χ1n) is 8.68. The van der Waals surface area contributed by atoms with E-state index in [4.69, 9.17) is 16.1 Å². The van der Waals surface area contributed by atoms with E-state index in [2.05, 4.69) is 51.7 Å². The Morgan fingerprint density at radius 2 is 1.93 bits per heavy atom. The van der Waals surface area contributed by atoms with Gasteiger partial charge in [-0.1, -0.05) is 41.0 Å². The molecule has 0 fully saturated rings. The molecule has 6 nitrogen and oxygen atoms in total. The van der Waals surface area contributed by atoms with E-state index in [1.807, 2.05) is 24.3 Å². The van der Waals surface area contributed by atoms with Crippen molar-refractivity contribution in [2.75, 3.05) is 7.05 Å². The lowest BCUT2D eigenvalue weighted by Gasteiger charge is -2.19. The maximum absolute atomic E-state index is 5.91. The molecule has 3 aromatic rings. The van der Waals surface area contributed by atoms with Crippen LogP contribution in [0, 0.1) is 6.92 Å². The molecule has 1 unspecified atom stereocenters. The normalized spacial score (nSPS) is 12.7. The average molecular weight is 384 g/mol. The van der Waals surface area contributed by atoms with E-state index in [1.165, 1.54) is 11.1 Å². The zero-order chi connectivity index (χ0) is 19.2. The summed E-state index contributed by atoms with van der Waals surface area (Å²) in [5.74, 6) is 1.67. The molecule has 2 N–H and O–H groups in total. The molecule has 1 aromatic heterocycles. The standard InChI is InChI=1S/C20H22ClN5O/c1-13-6-4-5-7-17(13)14(2)24-20(22-3)23-12-18-25-19(26-27-18)15-8-10-16(21)11-9-15/h4-11,14H,12H2,1-3H3,(H2,22,23,24). The Balaban J connectivity index is 1.60. The van der Waals surface area contributed by atoms with E-state index in [9.17, 15) is 0 Å². The van der Waals surface area contributed by atoms with Gasteiger partial charge in [0.15, 0.2) is 5.96 Å². The van der Waals surface area contributed by atoms with Gasteiger partial charge in [-0.3, -0.25) is 4.99 Å². The smallest absolute Gasteiger partial charge is 0.246 e. The average Bonchev–Trinajstić information content (AvgIpc) is 3.15. The highest BCUT2D eigenvalue weighted by molar-refractivity contribution is 6.30. The van der Waals surface area contributed by atoms with Gasteiger partial charge in [-0.2, -0.15) is 4.98 Å². The Labute approximate surface area is 163 Å². The molecule has 0 aliphatic rings. The number of nitrogens with zero attached hydrogens (tertiary/aromatic N) is 3. The second kappa shape index (κ2) is 8.68. The third kappa shape index (κ3) is 4.86. The summed E-state index contributed by atoms with van der Waals surface area (Å²) in [6.07, 6.45) is 0. The van der Waals surface area contributed by atoms with Crippen LogP contribution in [0.3, 0.4) is 0 Å². The minimum Gasteiger partial charge on any atom is -0.350 e. The number of benzene rings is 2. The molecule has 0 aliphatic carbocycles. The summed E-state index contributed by atoms with van der Waals surface area (Å²) >= 11 is 5.91. The third-order valence-corrected chi connectivity index (χ3v) is 4.46. The molecule has 0 radical (unpaired) electrons. The highest BCUT2D eigenvalue weighted by Crippen LogP contribution is 2.19. The first-order chi connectivity index (χ1) is 13.1. The lowest BCUT2D eigenvalue weighted by atomic mass is 10.0. The van der Waals surface area contributed by atoms with E-state index < -0.39 is 0 Å². The molecule has 0 saturated heterocycles. The second-order valence-electron chi connectivity index (χ2n) is 6.17. The van der Waals surface area contributed by atoms with Crippen molar-refractivity contribution in [1.82, 2.24) is 20.8 Å². The SMILES string of the molecule is CN=C(NCc1nc(-c2ccc(Cl)cc2)no1)NC(C)c1ccccc1C. The Morgan fingerprint density at radius 3 is 2.63 bits per heavy atom. The monoisotopic (exact) mass is 383 g/mol. The number of hydrogen-bond acceptors (Lipinski definition) is 4.